The first-order chi connectivity index (χ1) is 15.1. The van der Waals surface area contributed by atoms with E-state index in [1.807, 2.05) is 36.4 Å². The number of nitrogens with zero attached hydrogens (tertiary/aromatic N) is 2. The number of ketones is 1. The molecule has 0 saturated carbocycles. The average molecular weight is 412 g/mol. The van der Waals surface area contributed by atoms with Crippen LogP contribution in [0.3, 0.4) is 0 Å². The van der Waals surface area contributed by atoms with Crippen LogP contribution in [-0.4, -0.2) is 29.1 Å². The van der Waals surface area contributed by atoms with Gasteiger partial charge in [0.15, 0.2) is 5.78 Å². The van der Waals surface area contributed by atoms with Crippen LogP contribution in [0.2, 0.25) is 0 Å². The predicted octanol–water partition coefficient (Wildman–Crippen LogP) is 4.71. The van der Waals surface area contributed by atoms with Crippen LogP contribution in [0, 0.1) is 0 Å². The zero-order valence-corrected chi connectivity index (χ0v) is 17.2. The third-order valence-corrected chi connectivity index (χ3v) is 5.67. The van der Waals surface area contributed by atoms with Crippen LogP contribution in [0.5, 0.6) is 5.75 Å². The number of carbonyl (C=O) groups excluding carboxylic acids is 2. The third-order valence-electron chi connectivity index (χ3n) is 5.67. The number of carbonyl (C=O) groups is 2. The highest BCUT2D eigenvalue weighted by Crippen LogP contribution is 2.35. The molecule has 5 rings (SSSR count). The van der Waals surface area contributed by atoms with E-state index in [4.69, 9.17) is 9.57 Å². The summed E-state index contributed by atoms with van der Waals surface area (Å²) in [5, 5.41) is 6.13. The normalized spacial score (nSPS) is 14.2. The smallest absolute Gasteiger partial charge is 0.331 e. The molecule has 0 N–H and O–H groups in total. The number of methoxy groups -OCH3 is 1. The number of para-hydroxylation sites is 1. The fourth-order valence-corrected chi connectivity index (χ4v) is 4.24. The molecule has 0 bridgehead atoms. The number of ether oxygens (including phenoxy) is 1. The second-order valence-electron chi connectivity index (χ2n) is 7.51. The van der Waals surface area contributed by atoms with Gasteiger partial charge in [-0.2, -0.15) is 0 Å². The van der Waals surface area contributed by atoms with Crippen molar-refractivity contribution in [2.75, 3.05) is 7.11 Å². The van der Waals surface area contributed by atoms with Gasteiger partial charge in [-0.3, -0.25) is 4.79 Å². The number of hydrogen-bond acceptors (Lipinski definition) is 5. The Bertz CT molecular complexity index is 1380. The van der Waals surface area contributed by atoms with Crippen LogP contribution in [0.1, 0.15) is 34.8 Å². The SMILES string of the molecule is COc1ccc(C(=O)c2ccc3c(c2)c2cccc4c2n3CC/C4=N\OC(C)=O)cc1. The Balaban J connectivity index is 1.63. The summed E-state index contributed by atoms with van der Waals surface area (Å²) in [6, 6.07) is 19.0. The number of benzene rings is 3. The van der Waals surface area contributed by atoms with E-state index in [-0.39, 0.29) is 5.78 Å². The Morgan fingerprint density at radius 1 is 0.968 bits per heavy atom. The van der Waals surface area contributed by atoms with Crippen molar-refractivity contribution in [2.45, 2.75) is 19.9 Å². The van der Waals surface area contributed by atoms with Crippen LogP contribution in [0.15, 0.2) is 65.8 Å². The van der Waals surface area contributed by atoms with Crippen molar-refractivity contribution in [1.29, 1.82) is 0 Å². The Kier molecular flexibility index (Phi) is 4.55. The van der Waals surface area contributed by atoms with Crippen molar-refractivity contribution in [3.8, 4) is 5.75 Å². The van der Waals surface area contributed by atoms with Gasteiger partial charge < -0.3 is 14.1 Å². The van der Waals surface area contributed by atoms with Crippen LogP contribution in [-0.2, 0) is 16.2 Å². The molecule has 2 heterocycles. The summed E-state index contributed by atoms with van der Waals surface area (Å²) in [7, 11) is 1.60. The molecular weight excluding hydrogens is 392 g/mol. The number of aryl methyl sites for hydroxylation is 1. The first-order valence-electron chi connectivity index (χ1n) is 10.1. The topological polar surface area (TPSA) is 69.9 Å². The first kappa shape index (κ1) is 19.1. The van der Waals surface area contributed by atoms with E-state index < -0.39 is 5.97 Å². The molecule has 1 aliphatic rings. The highest BCUT2D eigenvalue weighted by atomic mass is 16.7. The van der Waals surface area contributed by atoms with Crippen molar-refractivity contribution in [3.63, 3.8) is 0 Å². The molecule has 6 heteroatoms. The van der Waals surface area contributed by atoms with Gasteiger partial charge in [-0.1, -0.05) is 23.4 Å². The molecule has 0 saturated heterocycles. The standard InChI is InChI=1S/C25H20N2O4/c1-15(28)31-26-22-12-13-27-23-11-8-17(25(29)16-6-9-18(30-2)10-7-16)14-21(23)19-4-3-5-20(22)24(19)27/h3-11,14H,12-13H2,1-2H3/b26-22+. The maximum atomic E-state index is 13.1. The van der Waals surface area contributed by atoms with Gasteiger partial charge in [-0.05, 0) is 42.5 Å². The molecule has 0 spiro atoms. The van der Waals surface area contributed by atoms with Gasteiger partial charge in [0, 0.05) is 52.9 Å². The summed E-state index contributed by atoms with van der Waals surface area (Å²) in [5.74, 6) is 0.244. The van der Waals surface area contributed by atoms with E-state index in [2.05, 4.69) is 9.72 Å². The molecule has 6 nitrogen and oxygen atoms in total. The molecule has 0 aliphatic carbocycles. The number of fused-ring (bicyclic) bond motifs is 3. The Morgan fingerprint density at radius 3 is 2.48 bits per heavy atom. The van der Waals surface area contributed by atoms with Gasteiger partial charge in [0.1, 0.15) is 5.75 Å². The second-order valence-corrected chi connectivity index (χ2v) is 7.51. The zero-order valence-electron chi connectivity index (χ0n) is 17.2. The number of hydrogen-bond donors (Lipinski definition) is 0. The van der Waals surface area contributed by atoms with Crippen molar-refractivity contribution >= 4 is 39.3 Å². The van der Waals surface area contributed by atoms with Crippen LogP contribution >= 0.6 is 0 Å². The van der Waals surface area contributed by atoms with E-state index in [9.17, 15) is 9.59 Å². The molecule has 1 aromatic heterocycles. The lowest BCUT2D eigenvalue weighted by Gasteiger charge is -2.17. The second kappa shape index (κ2) is 7.40. The van der Waals surface area contributed by atoms with E-state index in [0.29, 0.717) is 23.3 Å². The number of oxime groups is 1. The minimum absolute atomic E-state index is 0.0337. The Morgan fingerprint density at radius 2 is 1.74 bits per heavy atom. The first-order valence-corrected chi connectivity index (χ1v) is 10.1. The van der Waals surface area contributed by atoms with E-state index in [1.54, 1.807) is 31.4 Å². The summed E-state index contributed by atoms with van der Waals surface area (Å²) in [4.78, 5) is 29.2. The molecule has 4 aromatic rings. The van der Waals surface area contributed by atoms with E-state index in [0.717, 1.165) is 39.6 Å². The predicted molar refractivity (Wildman–Crippen MR) is 119 cm³/mol. The molecule has 0 fully saturated rings. The molecule has 0 atom stereocenters. The highest BCUT2D eigenvalue weighted by Gasteiger charge is 2.23. The van der Waals surface area contributed by atoms with Crippen molar-refractivity contribution in [1.82, 2.24) is 4.57 Å². The lowest BCUT2D eigenvalue weighted by molar-refractivity contribution is -0.140. The maximum Gasteiger partial charge on any atom is 0.331 e. The van der Waals surface area contributed by atoms with Gasteiger partial charge >= 0.3 is 5.97 Å². The van der Waals surface area contributed by atoms with Gasteiger partial charge in [-0.25, -0.2) is 4.79 Å². The summed E-state index contributed by atoms with van der Waals surface area (Å²) in [5.41, 5.74) is 5.07. The summed E-state index contributed by atoms with van der Waals surface area (Å²) in [6.45, 7) is 2.06. The van der Waals surface area contributed by atoms with Crippen molar-refractivity contribution in [2.24, 2.45) is 5.16 Å². The fourth-order valence-electron chi connectivity index (χ4n) is 4.24. The highest BCUT2D eigenvalue weighted by molar-refractivity contribution is 6.20. The van der Waals surface area contributed by atoms with Crippen molar-refractivity contribution < 1.29 is 19.2 Å². The van der Waals surface area contributed by atoms with Crippen LogP contribution in [0.25, 0.3) is 21.8 Å². The molecule has 3 aromatic carbocycles. The van der Waals surface area contributed by atoms with Gasteiger partial charge in [0.05, 0.1) is 18.3 Å². The molecule has 0 amide bonds. The summed E-state index contributed by atoms with van der Waals surface area (Å²) >= 11 is 0. The molecular formula is C25H20N2O4. The fraction of sp³-hybridized carbons (Fsp3) is 0.160. The Hall–Kier alpha value is -3.93. The van der Waals surface area contributed by atoms with Gasteiger partial charge in [0.25, 0.3) is 0 Å². The van der Waals surface area contributed by atoms with Crippen LogP contribution < -0.4 is 4.74 Å². The Labute approximate surface area is 178 Å². The minimum atomic E-state index is -0.438. The summed E-state index contributed by atoms with van der Waals surface area (Å²) in [6.07, 6.45) is 0.662. The van der Waals surface area contributed by atoms with Crippen molar-refractivity contribution in [3.05, 3.63) is 77.4 Å². The molecule has 0 unspecified atom stereocenters. The maximum absolute atomic E-state index is 13.1. The molecule has 31 heavy (non-hydrogen) atoms. The molecule has 154 valence electrons. The van der Waals surface area contributed by atoms with E-state index >= 15 is 0 Å². The molecule has 1 aliphatic heterocycles. The lowest BCUT2D eigenvalue weighted by atomic mass is 9.99. The zero-order chi connectivity index (χ0) is 21.5. The van der Waals surface area contributed by atoms with E-state index in [1.165, 1.54) is 6.92 Å². The van der Waals surface area contributed by atoms with Gasteiger partial charge in [0.2, 0.25) is 0 Å². The van der Waals surface area contributed by atoms with Gasteiger partial charge in [-0.15, -0.1) is 0 Å². The largest absolute Gasteiger partial charge is 0.497 e. The lowest BCUT2D eigenvalue weighted by Crippen LogP contribution is -2.15. The van der Waals surface area contributed by atoms with Crippen LogP contribution in [0.4, 0.5) is 0 Å². The number of rotatable bonds is 4. The molecule has 0 radical (unpaired) electrons. The average Bonchev–Trinajstić information content (AvgIpc) is 3.13. The summed E-state index contributed by atoms with van der Waals surface area (Å²) < 4.78 is 7.42. The third kappa shape index (κ3) is 3.17. The minimum Gasteiger partial charge on any atom is -0.497 e. The monoisotopic (exact) mass is 412 g/mol. The number of aromatic nitrogens is 1. The quantitative estimate of drug-likeness (QED) is 0.277.